The smallest absolute Gasteiger partial charge is 0.255 e. The maximum Gasteiger partial charge on any atom is 0.255 e. The van der Waals surface area contributed by atoms with Crippen molar-refractivity contribution >= 4 is 17.7 Å². The molecule has 4 nitrogen and oxygen atoms in total. The van der Waals surface area contributed by atoms with Crippen molar-refractivity contribution in [3.05, 3.63) is 17.5 Å². The van der Waals surface area contributed by atoms with Crippen molar-refractivity contribution in [2.24, 2.45) is 0 Å². The van der Waals surface area contributed by atoms with Crippen LogP contribution in [0.3, 0.4) is 0 Å². The van der Waals surface area contributed by atoms with Crippen LogP contribution in [0.15, 0.2) is 11.4 Å². The number of carbonyl (C=O) groups is 1. The van der Waals surface area contributed by atoms with Gasteiger partial charge >= 0.3 is 0 Å². The summed E-state index contributed by atoms with van der Waals surface area (Å²) in [6.07, 6.45) is 3.49. The maximum absolute atomic E-state index is 11.1. The van der Waals surface area contributed by atoms with E-state index in [2.05, 4.69) is 15.3 Å². The molecular weight excluding hydrogens is 174 g/mol. The zero-order valence-electron chi connectivity index (χ0n) is 6.50. The Bertz CT molecular complexity index is 339. The Hall–Kier alpha value is -1.10. The van der Waals surface area contributed by atoms with Crippen LogP contribution in [-0.4, -0.2) is 22.1 Å². The summed E-state index contributed by atoms with van der Waals surface area (Å²) >= 11 is 1.47. The van der Waals surface area contributed by atoms with Crippen molar-refractivity contribution in [3.8, 4) is 0 Å². The molecule has 1 amide bonds. The highest BCUT2D eigenvalue weighted by Gasteiger charge is 2.20. The van der Waals surface area contributed by atoms with Crippen LogP contribution in [0.25, 0.3) is 0 Å². The Morgan fingerprint density at radius 1 is 1.67 bits per heavy atom. The van der Waals surface area contributed by atoms with Crippen molar-refractivity contribution in [3.63, 3.8) is 0 Å². The first-order chi connectivity index (χ1) is 5.81. The summed E-state index contributed by atoms with van der Waals surface area (Å²) < 4.78 is 0. The average Bonchev–Trinajstić information content (AvgIpc) is 2.47. The minimum Gasteiger partial charge on any atom is -0.346 e. The lowest BCUT2D eigenvalue weighted by Gasteiger charge is -1.96. The lowest BCUT2D eigenvalue weighted by atomic mass is 10.3. The quantitative estimate of drug-likeness (QED) is 0.504. The van der Waals surface area contributed by atoms with Crippen LogP contribution in [-0.2, 0) is 6.54 Å². The minimum atomic E-state index is -0.0716. The van der Waals surface area contributed by atoms with Crippen LogP contribution >= 0.6 is 11.8 Å². The summed E-state index contributed by atoms with van der Waals surface area (Å²) in [4.78, 5) is 19.3. The van der Waals surface area contributed by atoms with Crippen LogP contribution in [0.4, 0.5) is 0 Å². The molecule has 0 fully saturated rings. The van der Waals surface area contributed by atoms with E-state index < -0.39 is 0 Å². The number of carbonyl (C=O) groups excluding carboxylic acids is 1. The molecule has 0 saturated carbocycles. The number of hydrogen-bond donors (Lipinski definition) is 1. The van der Waals surface area contributed by atoms with E-state index >= 15 is 0 Å². The molecule has 1 aliphatic rings. The van der Waals surface area contributed by atoms with Gasteiger partial charge in [-0.1, -0.05) is 11.8 Å². The van der Waals surface area contributed by atoms with Gasteiger partial charge in [-0.05, 0) is 6.26 Å². The van der Waals surface area contributed by atoms with Crippen LogP contribution in [0.2, 0.25) is 0 Å². The van der Waals surface area contributed by atoms with Crippen LogP contribution in [0.1, 0.15) is 16.1 Å². The van der Waals surface area contributed by atoms with E-state index in [-0.39, 0.29) is 5.91 Å². The van der Waals surface area contributed by atoms with E-state index in [1.165, 1.54) is 11.8 Å². The number of hydrogen-bond acceptors (Lipinski definition) is 4. The molecule has 0 aromatic carbocycles. The van der Waals surface area contributed by atoms with Crippen molar-refractivity contribution in [2.45, 2.75) is 11.7 Å². The summed E-state index contributed by atoms with van der Waals surface area (Å²) in [5, 5.41) is 3.40. The molecule has 12 heavy (non-hydrogen) atoms. The van der Waals surface area contributed by atoms with Crippen LogP contribution in [0, 0.1) is 0 Å². The first-order valence-corrected chi connectivity index (χ1v) is 4.72. The first-order valence-electron chi connectivity index (χ1n) is 3.49. The predicted molar refractivity (Wildman–Crippen MR) is 45.0 cm³/mol. The van der Waals surface area contributed by atoms with E-state index in [1.807, 2.05) is 6.26 Å². The first kappa shape index (κ1) is 7.54. The molecule has 0 atom stereocenters. The highest BCUT2D eigenvalue weighted by molar-refractivity contribution is 7.98. The van der Waals surface area contributed by atoms with Crippen molar-refractivity contribution in [2.75, 3.05) is 6.26 Å². The maximum atomic E-state index is 11.1. The number of amides is 1. The Morgan fingerprint density at radius 2 is 2.50 bits per heavy atom. The fraction of sp³-hybridized carbons (Fsp3) is 0.286. The molecule has 0 bridgehead atoms. The van der Waals surface area contributed by atoms with Gasteiger partial charge < -0.3 is 5.32 Å². The van der Waals surface area contributed by atoms with E-state index in [0.29, 0.717) is 17.3 Å². The van der Waals surface area contributed by atoms with Gasteiger partial charge in [-0.25, -0.2) is 9.97 Å². The van der Waals surface area contributed by atoms with Crippen molar-refractivity contribution in [1.29, 1.82) is 0 Å². The summed E-state index contributed by atoms with van der Waals surface area (Å²) in [6, 6.07) is 0. The molecule has 0 unspecified atom stereocenters. The molecule has 1 aliphatic heterocycles. The van der Waals surface area contributed by atoms with Crippen molar-refractivity contribution in [1.82, 2.24) is 15.3 Å². The van der Waals surface area contributed by atoms with E-state index in [9.17, 15) is 4.79 Å². The minimum absolute atomic E-state index is 0.0716. The van der Waals surface area contributed by atoms with Gasteiger partial charge in [0.15, 0.2) is 5.16 Å². The molecule has 2 rings (SSSR count). The SMILES string of the molecule is CSc1ncc2c(n1)CNC2=O. The van der Waals surface area contributed by atoms with E-state index in [4.69, 9.17) is 0 Å². The third-order valence-corrected chi connectivity index (χ3v) is 2.25. The summed E-state index contributed by atoms with van der Waals surface area (Å²) in [5.41, 5.74) is 1.41. The molecule has 1 aromatic rings. The Kier molecular flexibility index (Phi) is 1.73. The number of aromatic nitrogens is 2. The molecule has 1 N–H and O–H groups in total. The van der Waals surface area contributed by atoms with Gasteiger partial charge in [0.25, 0.3) is 5.91 Å². The number of nitrogens with one attached hydrogen (secondary N) is 1. The summed E-state index contributed by atoms with van der Waals surface area (Å²) in [6.45, 7) is 0.532. The highest BCUT2D eigenvalue weighted by Crippen LogP contribution is 2.15. The lowest BCUT2D eigenvalue weighted by molar-refractivity contribution is 0.0965. The second-order valence-electron chi connectivity index (χ2n) is 2.40. The van der Waals surface area contributed by atoms with E-state index in [0.717, 1.165) is 5.69 Å². The Morgan fingerprint density at radius 3 is 3.25 bits per heavy atom. The molecule has 0 aliphatic carbocycles. The molecular formula is C7H7N3OS. The number of thioether (sulfide) groups is 1. The van der Waals surface area contributed by atoms with Gasteiger partial charge in [0.1, 0.15) is 0 Å². The highest BCUT2D eigenvalue weighted by atomic mass is 32.2. The second-order valence-corrected chi connectivity index (χ2v) is 3.17. The number of nitrogens with zero attached hydrogens (tertiary/aromatic N) is 2. The largest absolute Gasteiger partial charge is 0.346 e. The van der Waals surface area contributed by atoms with Gasteiger partial charge in [0.05, 0.1) is 17.8 Å². The predicted octanol–water partition coefficient (Wildman–Crippen LogP) is 0.442. The van der Waals surface area contributed by atoms with E-state index in [1.54, 1.807) is 6.20 Å². The zero-order valence-corrected chi connectivity index (χ0v) is 7.31. The van der Waals surface area contributed by atoms with Gasteiger partial charge in [0.2, 0.25) is 0 Å². The Balaban J connectivity index is 2.48. The number of rotatable bonds is 1. The topological polar surface area (TPSA) is 54.9 Å². The van der Waals surface area contributed by atoms with Gasteiger partial charge in [-0.2, -0.15) is 0 Å². The third-order valence-electron chi connectivity index (χ3n) is 1.69. The average molecular weight is 181 g/mol. The molecule has 62 valence electrons. The number of fused-ring (bicyclic) bond motifs is 1. The molecule has 0 saturated heterocycles. The summed E-state index contributed by atoms with van der Waals surface area (Å²) in [7, 11) is 0. The normalized spacial score (nSPS) is 14.2. The summed E-state index contributed by atoms with van der Waals surface area (Å²) in [5.74, 6) is -0.0716. The van der Waals surface area contributed by atoms with Gasteiger partial charge in [-0.15, -0.1) is 0 Å². The third kappa shape index (κ3) is 1.06. The lowest BCUT2D eigenvalue weighted by Crippen LogP contribution is -2.12. The molecule has 2 heterocycles. The van der Waals surface area contributed by atoms with Crippen LogP contribution in [0.5, 0.6) is 0 Å². The van der Waals surface area contributed by atoms with Gasteiger partial charge in [0, 0.05) is 6.20 Å². The Labute approximate surface area is 73.8 Å². The monoisotopic (exact) mass is 181 g/mol. The fourth-order valence-electron chi connectivity index (χ4n) is 1.08. The standard InChI is InChI=1S/C7H7N3OS/c1-12-7-9-2-4-5(10-7)3-8-6(4)11/h2H,3H2,1H3,(H,8,11). The second kappa shape index (κ2) is 2.75. The fourth-order valence-corrected chi connectivity index (χ4v) is 1.44. The molecule has 1 aromatic heterocycles. The molecule has 0 radical (unpaired) electrons. The molecule has 0 spiro atoms. The van der Waals surface area contributed by atoms with Gasteiger partial charge in [-0.3, -0.25) is 4.79 Å². The molecule has 5 heteroatoms. The zero-order chi connectivity index (χ0) is 8.55. The van der Waals surface area contributed by atoms with Crippen LogP contribution < -0.4 is 5.32 Å². The van der Waals surface area contributed by atoms with Crippen molar-refractivity contribution < 1.29 is 4.79 Å².